The van der Waals surface area contributed by atoms with Gasteiger partial charge in [0.2, 0.25) is 0 Å². The highest BCUT2D eigenvalue weighted by Gasteiger charge is 2.00. The third-order valence-electron chi connectivity index (χ3n) is 2.80. The van der Waals surface area contributed by atoms with Gasteiger partial charge < -0.3 is 4.74 Å². The second-order valence-electron chi connectivity index (χ2n) is 4.69. The molecular weight excluding hydrogens is 276 g/mol. The summed E-state index contributed by atoms with van der Waals surface area (Å²) >= 11 is 0. The minimum atomic E-state index is -0.300. The monoisotopic (exact) mass is 294 g/mol. The van der Waals surface area contributed by atoms with E-state index in [1.807, 2.05) is 67.6 Å². The summed E-state index contributed by atoms with van der Waals surface area (Å²) < 4.78 is 5.37. The molecule has 112 valence electrons. The van der Waals surface area contributed by atoms with Gasteiger partial charge in [0.1, 0.15) is 5.75 Å². The van der Waals surface area contributed by atoms with Crippen LogP contribution in [0.3, 0.4) is 0 Å². The zero-order valence-corrected chi connectivity index (χ0v) is 12.4. The fraction of sp³-hybridized carbons (Fsp3) is 0.111. The van der Waals surface area contributed by atoms with Crippen molar-refractivity contribution in [3.63, 3.8) is 0 Å². The number of benzene rings is 2. The predicted molar refractivity (Wildman–Crippen MR) is 88.8 cm³/mol. The predicted octanol–water partition coefficient (Wildman–Crippen LogP) is 3.19. The number of hydrazone groups is 1. The molecule has 0 fully saturated rings. The molecule has 0 spiro atoms. The van der Waals surface area contributed by atoms with Crippen LogP contribution in [-0.4, -0.2) is 18.7 Å². The maximum absolute atomic E-state index is 11.6. The molecule has 1 N–H and O–H groups in total. The van der Waals surface area contributed by atoms with Gasteiger partial charge in [-0.2, -0.15) is 5.10 Å². The number of nitrogens with one attached hydrogen (secondary N) is 1. The second kappa shape index (κ2) is 8.42. The van der Waals surface area contributed by atoms with E-state index in [-0.39, 0.29) is 12.5 Å². The molecule has 0 aliphatic carbocycles. The summed E-state index contributed by atoms with van der Waals surface area (Å²) in [6.07, 6.45) is 5.19. The highest BCUT2D eigenvalue weighted by atomic mass is 16.5. The Balaban J connectivity index is 1.71. The number of nitrogens with zero attached hydrogens (tertiary/aromatic N) is 1. The Labute approximate surface area is 130 Å². The van der Waals surface area contributed by atoms with Crippen molar-refractivity contribution in [2.45, 2.75) is 6.92 Å². The molecule has 1 amide bonds. The lowest BCUT2D eigenvalue weighted by Crippen LogP contribution is -2.24. The van der Waals surface area contributed by atoms with Crippen LogP contribution >= 0.6 is 0 Å². The van der Waals surface area contributed by atoms with Gasteiger partial charge in [-0.05, 0) is 36.3 Å². The molecule has 0 bridgehead atoms. The number of carbonyl (C=O) groups is 1. The zero-order chi connectivity index (χ0) is 15.6. The largest absolute Gasteiger partial charge is 0.484 e. The van der Waals surface area contributed by atoms with E-state index in [1.54, 1.807) is 6.08 Å². The van der Waals surface area contributed by atoms with Crippen LogP contribution in [0.25, 0.3) is 6.08 Å². The van der Waals surface area contributed by atoms with E-state index in [1.165, 1.54) is 6.21 Å². The molecule has 0 radical (unpaired) electrons. The Morgan fingerprint density at radius 3 is 2.77 bits per heavy atom. The summed E-state index contributed by atoms with van der Waals surface area (Å²) in [7, 11) is 0. The van der Waals surface area contributed by atoms with E-state index < -0.39 is 0 Å². The molecule has 4 heteroatoms. The molecule has 2 rings (SSSR count). The van der Waals surface area contributed by atoms with Crippen LogP contribution in [0.5, 0.6) is 5.75 Å². The number of aryl methyl sites for hydroxylation is 1. The molecule has 0 atom stereocenters. The molecule has 2 aromatic rings. The van der Waals surface area contributed by atoms with Crippen molar-refractivity contribution in [2.75, 3.05) is 6.61 Å². The van der Waals surface area contributed by atoms with E-state index in [9.17, 15) is 4.79 Å². The fourth-order valence-electron chi connectivity index (χ4n) is 1.76. The SMILES string of the molecule is Cc1cccc(OCC(=O)N/N=C\C=C/c2ccccc2)c1. The van der Waals surface area contributed by atoms with Gasteiger partial charge >= 0.3 is 0 Å². The van der Waals surface area contributed by atoms with Crippen molar-refractivity contribution in [3.05, 3.63) is 71.8 Å². The summed E-state index contributed by atoms with van der Waals surface area (Å²) in [6.45, 7) is 1.90. The number of hydrogen-bond donors (Lipinski definition) is 1. The molecule has 0 unspecified atom stereocenters. The molecule has 0 saturated carbocycles. The number of ether oxygens (including phenoxy) is 1. The van der Waals surface area contributed by atoms with Crippen LogP contribution < -0.4 is 10.2 Å². The molecule has 0 aromatic heterocycles. The number of carbonyl (C=O) groups excluding carboxylic acids is 1. The second-order valence-corrected chi connectivity index (χ2v) is 4.69. The fourth-order valence-corrected chi connectivity index (χ4v) is 1.76. The van der Waals surface area contributed by atoms with E-state index >= 15 is 0 Å². The topological polar surface area (TPSA) is 50.7 Å². The summed E-state index contributed by atoms with van der Waals surface area (Å²) in [4.78, 5) is 11.6. The lowest BCUT2D eigenvalue weighted by Gasteiger charge is -2.05. The number of allylic oxidation sites excluding steroid dienone is 1. The number of hydrogen-bond acceptors (Lipinski definition) is 3. The zero-order valence-electron chi connectivity index (χ0n) is 12.4. The molecule has 0 heterocycles. The molecule has 22 heavy (non-hydrogen) atoms. The Morgan fingerprint density at radius 1 is 1.18 bits per heavy atom. The maximum atomic E-state index is 11.6. The summed E-state index contributed by atoms with van der Waals surface area (Å²) in [5.41, 5.74) is 4.57. The first-order valence-electron chi connectivity index (χ1n) is 6.97. The first kappa shape index (κ1) is 15.5. The van der Waals surface area contributed by atoms with Crippen LogP contribution in [0.4, 0.5) is 0 Å². The van der Waals surface area contributed by atoms with Crippen LogP contribution in [-0.2, 0) is 4.79 Å². The van der Waals surface area contributed by atoms with Gasteiger partial charge in [0.25, 0.3) is 5.91 Å². The smallest absolute Gasteiger partial charge is 0.277 e. The quantitative estimate of drug-likeness (QED) is 0.657. The average molecular weight is 294 g/mol. The first-order valence-corrected chi connectivity index (χ1v) is 6.97. The summed E-state index contributed by atoms with van der Waals surface area (Å²) in [5.74, 6) is 0.369. The van der Waals surface area contributed by atoms with Crippen LogP contribution in [0.2, 0.25) is 0 Å². The Bertz CT molecular complexity index is 664. The van der Waals surface area contributed by atoms with Crippen molar-refractivity contribution < 1.29 is 9.53 Å². The van der Waals surface area contributed by atoms with Crippen molar-refractivity contribution >= 4 is 18.2 Å². The lowest BCUT2D eigenvalue weighted by molar-refractivity contribution is -0.123. The first-order chi connectivity index (χ1) is 10.7. The van der Waals surface area contributed by atoms with Crippen molar-refractivity contribution in [2.24, 2.45) is 5.10 Å². The third-order valence-corrected chi connectivity index (χ3v) is 2.80. The lowest BCUT2D eigenvalue weighted by atomic mass is 10.2. The van der Waals surface area contributed by atoms with E-state index in [0.717, 1.165) is 11.1 Å². The van der Waals surface area contributed by atoms with Gasteiger partial charge in [0, 0.05) is 6.21 Å². The van der Waals surface area contributed by atoms with E-state index in [0.29, 0.717) is 5.75 Å². The molecule has 0 aliphatic rings. The standard InChI is InChI=1S/C18H18N2O2/c1-15-7-5-11-17(13-15)22-14-18(21)20-19-12-6-10-16-8-3-2-4-9-16/h2-13H,14H2,1H3,(H,20,21)/b10-6-,19-12-. The molecule has 4 nitrogen and oxygen atoms in total. The van der Waals surface area contributed by atoms with Gasteiger partial charge in [-0.15, -0.1) is 0 Å². The highest BCUT2D eigenvalue weighted by Crippen LogP contribution is 2.11. The van der Waals surface area contributed by atoms with Crippen molar-refractivity contribution in [3.8, 4) is 5.75 Å². The maximum Gasteiger partial charge on any atom is 0.277 e. The minimum absolute atomic E-state index is 0.0663. The third kappa shape index (κ3) is 5.63. The van der Waals surface area contributed by atoms with Gasteiger partial charge in [-0.3, -0.25) is 4.79 Å². The summed E-state index contributed by atoms with van der Waals surface area (Å²) in [6, 6.07) is 17.4. The number of rotatable bonds is 6. The van der Waals surface area contributed by atoms with Crippen molar-refractivity contribution in [1.82, 2.24) is 5.43 Å². The van der Waals surface area contributed by atoms with E-state index in [2.05, 4.69) is 10.5 Å². The van der Waals surface area contributed by atoms with Gasteiger partial charge in [0.15, 0.2) is 6.61 Å². The van der Waals surface area contributed by atoms with E-state index in [4.69, 9.17) is 4.74 Å². The molecular formula is C18H18N2O2. The molecule has 0 aliphatic heterocycles. The highest BCUT2D eigenvalue weighted by molar-refractivity contribution is 5.81. The molecule has 0 saturated heterocycles. The van der Waals surface area contributed by atoms with Crippen LogP contribution in [0.15, 0.2) is 65.8 Å². The van der Waals surface area contributed by atoms with Gasteiger partial charge in [-0.25, -0.2) is 5.43 Å². The normalized spacial score (nSPS) is 11.0. The number of amides is 1. The van der Waals surface area contributed by atoms with Crippen LogP contribution in [0.1, 0.15) is 11.1 Å². The van der Waals surface area contributed by atoms with Gasteiger partial charge in [-0.1, -0.05) is 48.5 Å². The minimum Gasteiger partial charge on any atom is -0.484 e. The van der Waals surface area contributed by atoms with Gasteiger partial charge in [0.05, 0.1) is 0 Å². The Kier molecular flexibility index (Phi) is 5.93. The van der Waals surface area contributed by atoms with Crippen molar-refractivity contribution in [1.29, 1.82) is 0 Å². The Morgan fingerprint density at radius 2 is 2.00 bits per heavy atom. The van der Waals surface area contributed by atoms with Crippen LogP contribution in [0, 0.1) is 6.92 Å². The molecule has 2 aromatic carbocycles. The Hall–Kier alpha value is -2.88. The average Bonchev–Trinajstić information content (AvgIpc) is 2.54. The summed E-state index contributed by atoms with van der Waals surface area (Å²) in [5, 5.41) is 3.82.